The molecule has 1 amide bonds. The Hall–Kier alpha value is -1.77. The summed E-state index contributed by atoms with van der Waals surface area (Å²) >= 11 is 0. The van der Waals surface area contributed by atoms with E-state index in [1.165, 1.54) is 40.6 Å². The summed E-state index contributed by atoms with van der Waals surface area (Å²) in [5.41, 5.74) is 4.85. The molecule has 1 saturated carbocycles. The second-order valence-corrected chi connectivity index (χ2v) is 5.95. The van der Waals surface area contributed by atoms with E-state index in [-0.39, 0.29) is 11.8 Å². The smallest absolute Gasteiger partial charge is 0.223 e. The molecule has 20 heavy (non-hydrogen) atoms. The van der Waals surface area contributed by atoms with Crippen LogP contribution in [0.15, 0.2) is 18.2 Å². The highest BCUT2D eigenvalue weighted by molar-refractivity contribution is 5.85. The summed E-state index contributed by atoms with van der Waals surface area (Å²) in [5.74, 6) is 0.472. The fourth-order valence-electron chi connectivity index (χ4n) is 3.14. The average molecular weight is 270 g/mol. The maximum atomic E-state index is 12.0. The summed E-state index contributed by atoms with van der Waals surface area (Å²) in [4.78, 5) is 15.4. The summed E-state index contributed by atoms with van der Waals surface area (Å²) < 4.78 is 0. The van der Waals surface area contributed by atoms with Gasteiger partial charge in [0.1, 0.15) is 0 Å². The van der Waals surface area contributed by atoms with Crippen LogP contribution in [0.4, 0.5) is 0 Å². The number of fused-ring (bicyclic) bond motifs is 1. The van der Waals surface area contributed by atoms with Crippen molar-refractivity contribution in [2.75, 3.05) is 0 Å². The third-order valence-corrected chi connectivity index (χ3v) is 4.57. The first-order valence-electron chi connectivity index (χ1n) is 7.50. The molecule has 2 aromatic rings. The van der Waals surface area contributed by atoms with E-state index >= 15 is 0 Å². The molecule has 1 aromatic heterocycles. The zero-order valence-electron chi connectivity index (χ0n) is 12.3. The number of nitrogens with one attached hydrogen (secondary N) is 2. The molecule has 1 aliphatic carbocycles. The second kappa shape index (κ2) is 5.31. The molecule has 0 radical (unpaired) electrons. The second-order valence-electron chi connectivity index (χ2n) is 5.95. The maximum absolute atomic E-state index is 12.0. The first-order valence-corrected chi connectivity index (χ1v) is 7.50. The lowest BCUT2D eigenvalue weighted by Gasteiger charge is -2.10. The normalized spacial score (nSPS) is 15.9. The minimum atomic E-state index is 0.226. The third kappa shape index (κ3) is 2.45. The van der Waals surface area contributed by atoms with Crippen LogP contribution in [0.2, 0.25) is 0 Å². The van der Waals surface area contributed by atoms with Gasteiger partial charge in [-0.1, -0.05) is 18.9 Å². The number of H-pyrrole nitrogens is 1. The molecule has 3 rings (SSSR count). The topological polar surface area (TPSA) is 44.9 Å². The molecule has 1 fully saturated rings. The number of aryl methyl sites for hydroxylation is 2. The number of carbonyl (C=O) groups is 1. The molecular formula is C17H22N2O. The van der Waals surface area contributed by atoms with Gasteiger partial charge in [-0.3, -0.25) is 4.79 Å². The first-order chi connectivity index (χ1) is 9.65. The van der Waals surface area contributed by atoms with Crippen molar-refractivity contribution in [2.24, 2.45) is 5.92 Å². The third-order valence-electron chi connectivity index (χ3n) is 4.57. The number of hydrogen-bond acceptors (Lipinski definition) is 1. The van der Waals surface area contributed by atoms with Gasteiger partial charge in [-0.15, -0.1) is 0 Å². The van der Waals surface area contributed by atoms with Crippen LogP contribution in [-0.2, 0) is 11.3 Å². The summed E-state index contributed by atoms with van der Waals surface area (Å²) in [6, 6.07) is 6.38. The Balaban J connectivity index is 1.71. The molecule has 3 heteroatoms. The van der Waals surface area contributed by atoms with Crippen molar-refractivity contribution in [3.05, 3.63) is 35.0 Å². The first kappa shape index (κ1) is 13.2. The van der Waals surface area contributed by atoms with E-state index in [1.807, 2.05) is 0 Å². The minimum Gasteiger partial charge on any atom is -0.358 e. The van der Waals surface area contributed by atoms with Crippen LogP contribution >= 0.6 is 0 Å². The predicted octanol–water partition coefficient (Wildman–Crippen LogP) is 3.59. The van der Waals surface area contributed by atoms with Crippen molar-refractivity contribution in [2.45, 2.75) is 46.1 Å². The van der Waals surface area contributed by atoms with Crippen molar-refractivity contribution < 1.29 is 4.79 Å². The minimum absolute atomic E-state index is 0.226. The lowest BCUT2D eigenvalue weighted by molar-refractivity contribution is -0.124. The highest BCUT2D eigenvalue weighted by Gasteiger charge is 2.22. The molecule has 2 N–H and O–H groups in total. The Morgan fingerprint density at radius 3 is 2.80 bits per heavy atom. The molecule has 0 aliphatic heterocycles. The number of amides is 1. The number of aromatic nitrogens is 1. The number of benzene rings is 1. The molecule has 0 bridgehead atoms. The number of rotatable bonds is 3. The molecule has 1 aromatic carbocycles. The summed E-state index contributed by atoms with van der Waals surface area (Å²) in [6.45, 7) is 4.86. The van der Waals surface area contributed by atoms with E-state index in [0.717, 1.165) is 12.8 Å². The molecule has 3 nitrogen and oxygen atoms in total. The van der Waals surface area contributed by atoms with Crippen LogP contribution in [-0.4, -0.2) is 10.9 Å². The largest absolute Gasteiger partial charge is 0.358 e. The summed E-state index contributed by atoms with van der Waals surface area (Å²) in [5, 5.41) is 4.34. The average Bonchev–Trinajstić information content (AvgIpc) is 3.07. The van der Waals surface area contributed by atoms with E-state index in [9.17, 15) is 4.79 Å². The predicted molar refractivity (Wildman–Crippen MR) is 81.6 cm³/mol. The molecule has 0 spiro atoms. The van der Waals surface area contributed by atoms with Crippen molar-refractivity contribution in [3.8, 4) is 0 Å². The van der Waals surface area contributed by atoms with E-state index in [1.54, 1.807) is 0 Å². The van der Waals surface area contributed by atoms with Gasteiger partial charge in [0.2, 0.25) is 5.91 Å². The number of carbonyl (C=O) groups excluding carboxylic acids is 1. The fourth-order valence-corrected chi connectivity index (χ4v) is 3.14. The van der Waals surface area contributed by atoms with E-state index < -0.39 is 0 Å². The van der Waals surface area contributed by atoms with Crippen LogP contribution in [0, 0.1) is 19.8 Å². The van der Waals surface area contributed by atoms with Gasteiger partial charge in [0.25, 0.3) is 0 Å². The van der Waals surface area contributed by atoms with Gasteiger partial charge in [0.05, 0.1) is 0 Å². The molecule has 1 heterocycles. The van der Waals surface area contributed by atoms with Gasteiger partial charge in [0.15, 0.2) is 0 Å². The molecule has 0 unspecified atom stereocenters. The molecule has 0 atom stereocenters. The summed E-state index contributed by atoms with van der Waals surface area (Å²) in [6.07, 6.45) is 4.51. The van der Waals surface area contributed by atoms with E-state index in [4.69, 9.17) is 0 Å². The number of hydrogen-bond donors (Lipinski definition) is 2. The van der Waals surface area contributed by atoms with Crippen LogP contribution in [0.3, 0.4) is 0 Å². The van der Waals surface area contributed by atoms with Gasteiger partial charge in [-0.2, -0.15) is 0 Å². The molecule has 0 saturated heterocycles. The highest BCUT2D eigenvalue weighted by atomic mass is 16.1. The Labute approximate surface area is 119 Å². The Morgan fingerprint density at radius 2 is 2.05 bits per heavy atom. The van der Waals surface area contributed by atoms with Crippen LogP contribution in [0.25, 0.3) is 10.9 Å². The lowest BCUT2D eigenvalue weighted by atomic mass is 10.1. The maximum Gasteiger partial charge on any atom is 0.223 e. The van der Waals surface area contributed by atoms with Crippen LogP contribution in [0.1, 0.15) is 42.5 Å². The monoisotopic (exact) mass is 270 g/mol. The standard InChI is InChI=1S/C17H22N2O/c1-11-12(2)19-16-8-7-13(9-15(11)16)10-18-17(20)14-5-3-4-6-14/h7-9,14,19H,3-6,10H2,1-2H3,(H,18,20). The lowest BCUT2D eigenvalue weighted by Crippen LogP contribution is -2.28. The zero-order valence-corrected chi connectivity index (χ0v) is 12.3. The van der Waals surface area contributed by atoms with Crippen LogP contribution < -0.4 is 5.32 Å². The van der Waals surface area contributed by atoms with Crippen molar-refractivity contribution in [1.82, 2.24) is 10.3 Å². The highest BCUT2D eigenvalue weighted by Crippen LogP contribution is 2.25. The van der Waals surface area contributed by atoms with Crippen LogP contribution in [0.5, 0.6) is 0 Å². The van der Waals surface area contributed by atoms with Gasteiger partial charge < -0.3 is 10.3 Å². The van der Waals surface area contributed by atoms with Gasteiger partial charge in [-0.05, 0) is 49.9 Å². The Kier molecular flexibility index (Phi) is 3.51. The van der Waals surface area contributed by atoms with E-state index in [0.29, 0.717) is 6.54 Å². The Bertz CT molecular complexity index is 636. The van der Waals surface area contributed by atoms with Gasteiger partial charge in [0, 0.05) is 29.1 Å². The van der Waals surface area contributed by atoms with Crippen molar-refractivity contribution >= 4 is 16.8 Å². The van der Waals surface area contributed by atoms with Crippen molar-refractivity contribution in [1.29, 1.82) is 0 Å². The SMILES string of the molecule is Cc1[nH]c2ccc(CNC(=O)C3CCCC3)cc2c1C. The van der Waals surface area contributed by atoms with Gasteiger partial charge >= 0.3 is 0 Å². The fraction of sp³-hybridized carbons (Fsp3) is 0.471. The molecule has 1 aliphatic rings. The Morgan fingerprint density at radius 1 is 1.30 bits per heavy atom. The zero-order chi connectivity index (χ0) is 14.1. The molecular weight excluding hydrogens is 248 g/mol. The van der Waals surface area contributed by atoms with Gasteiger partial charge in [-0.25, -0.2) is 0 Å². The van der Waals surface area contributed by atoms with Crippen molar-refractivity contribution in [3.63, 3.8) is 0 Å². The van der Waals surface area contributed by atoms with E-state index in [2.05, 4.69) is 42.3 Å². The quantitative estimate of drug-likeness (QED) is 0.879. The molecule has 106 valence electrons. The summed E-state index contributed by atoms with van der Waals surface area (Å²) in [7, 11) is 0. The number of aromatic amines is 1.